The highest BCUT2D eigenvalue weighted by Crippen LogP contribution is 2.15. The van der Waals surface area contributed by atoms with Crippen molar-refractivity contribution in [2.45, 2.75) is 303 Å². The van der Waals surface area contributed by atoms with E-state index in [0.29, 0.717) is 19.3 Å². The zero-order valence-corrected chi connectivity index (χ0v) is 49.7. The minimum atomic E-state index is -0.795. The van der Waals surface area contributed by atoms with Crippen molar-refractivity contribution < 1.29 is 28.6 Å². The second-order valence-corrected chi connectivity index (χ2v) is 20.9. The number of carbonyl (C=O) groups excluding carboxylic acids is 3. The highest BCUT2D eigenvalue weighted by atomic mass is 16.6. The number of allylic oxidation sites excluding steroid dienone is 18. The lowest BCUT2D eigenvalue weighted by atomic mass is 10.1. The van der Waals surface area contributed by atoms with Crippen LogP contribution in [0.1, 0.15) is 297 Å². The van der Waals surface area contributed by atoms with Crippen LogP contribution in [0.25, 0.3) is 0 Å². The third-order valence-corrected chi connectivity index (χ3v) is 13.5. The van der Waals surface area contributed by atoms with Crippen LogP contribution in [0.3, 0.4) is 0 Å². The Bertz CT molecular complexity index is 1540. The molecule has 0 spiro atoms. The van der Waals surface area contributed by atoms with E-state index < -0.39 is 6.10 Å². The molecule has 0 radical (unpaired) electrons. The van der Waals surface area contributed by atoms with E-state index in [9.17, 15) is 14.4 Å². The minimum Gasteiger partial charge on any atom is -0.462 e. The molecule has 1 unspecified atom stereocenters. The van der Waals surface area contributed by atoms with E-state index in [1.165, 1.54) is 122 Å². The quantitative estimate of drug-likeness (QED) is 0.0261. The van der Waals surface area contributed by atoms with Crippen LogP contribution >= 0.6 is 0 Å². The van der Waals surface area contributed by atoms with Gasteiger partial charge in [0.2, 0.25) is 0 Å². The Kier molecular flexibility index (Phi) is 60.3. The highest BCUT2D eigenvalue weighted by Gasteiger charge is 2.19. The topological polar surface area (TPSA) is 78.9 Å². The predicted octanol–water partition coefficient (Wildman–Crippen LogP) is 21.8. The molecule has 0 aliphatic rings. The molecule has 0 fully saturated rings. The van der Waals surface area contributed by atoms with Crippen molar-refractivity contribution in [2.24, 2.45) is 0 Å². The SMILES string of the molecule is CC/C=C\C/C=C\C/C=C\C/C=C\C/C=C\C/C=C\CCCCCCCCCCC(=O)OCC(COC(=O)CCCCCCC/C=C\CCCCCCCC)OC(=O)CCCCCCC/C=C\C/C=C\CCCCCC. The molecule has 0 saturated carbocycles. The van der Waals surface area contributed by atoms with Crippen molar-refractivity contribution in [3.63, 3.8) is 0 Å². The minimum absolute atomic E-state index is 0.0907. The lowest BCUT2D eigenvalue weighted by molar-refractivity contribution is -0.167. The number of carbonyl (C=O) groups is 3. The predicted molar refractivity (Wildman–Crippen MR) is 330 cm³/mol. The fourth-order valence-corrected chi connectivity index (χ4v) is 8.71. The van der Waals surface area contributed by atoms with Gasteiger partial charge in [0, 0.05) is 19.3 Å². The van der Waals surface area contributed by atoms with Gasteiger partial charge in [0.05, 0.1) is 0 Å². The van der Waals surface area contributed by atoms with Crippen molar-refractivity contribution >= 4 is 17.9 Å². The fourth-order valence-electron chi connectivity index (χ4n) is 8.71. The van der Waals surface area contributed by atoms with Gasteiger partial charge < -0.3 is 14.2 Å². The average Bonchev–Trinajstić information content (AvgIpc) is 3.42. The van der Waals surface area contributed by atoms with Crippen molar-refractivity contribution in [1.82, 2.24) is 0 Å². The second-order valence-electron chi connectivity index (χ2n) is 20.9. The maximum atomic E-state index is 12.9. The van der Waals surface area contributed by atoms with Crippen molar-refractivity contribution in [1.29, 1.82) is 0 Å². The number of rotatable bonds is 57. The van der Waals surface area contributed by atoms with Crippen LogP contribution in [0.4, 0.5) is 0 Å². The number of esters is 3. The van der Waals surface area contributed by atoms with E-state index in [-0.39, 0.29) is 31.1 Å². The molecule has 0 aromatic rings. The van der Waals surface area contributed by atoms with E-state index in [1.807, 2.05) is 0 Å². The number of unbranched alkanes of at least 4 members (excludes halogenated alkanes) is 28. The van der Waals surface area contributed by atoms with Gasteiger partial charge >= 0.3 is 17.9 Å². The Hall–Kier alpha value is -3.93. The van der Waals surface area contributed by atoms with E-state index in [0.717, 1.165) is 135 Å². The number of ether oxygens (including phenoxy) is 3. The summed E-state index contributed by atoms with van der Waals surface area (Å²) >= 11 is 0. The molecule has 0 heterocycles. The largest absolute Gasteiger partial charge is 0.462 e. The molecule has 0 bridgehead atoms. The molecule has 76 heavy (non-hydrogen) atoms. The Morgan fingerprint density at radius 3 is 0.829 bits per heavy atom. The van der Waals surface area contributed by atoms with Gasteiger partial charge in [0.1, 0.15) is 13.2 Å². The van der Waals surface area contributed by atoms with Gasteiger partial charge in [0.25, 0.3) is 0 Å². The lowest BCUT2D eigenvalue weighted by Crippen LogP contribution is -2.30. The summed E-state index contributed by atoms with van der Waals surface area (Å²) in [5.74, 6) is -0.914. The highest BCUT2D eigenvalue weighted by molar-refractivity contribution is 5.71. The normalized spacial score (nSPS) is 12.8. The fraction of sp³-hybridized carbons (Fsp3) is 0.700. The Morgan fingerprint density at radius 2 is 0.513 bits per heavy atom. The summed E-state index contributed by atoms with van der Waals surface area (Å²) in [5.41, 5.74) is 0. The van der Waals surface area contributed by atoms with Crippen molar-refractivity contribution in [2.75, 3.05) is 13.2 Å². The molecular weight excluding hydrogens is 937 g/mol. The summed E-state index contributed by atoms with van der Waals surface area (Å²) in [6.07, 6.45) is 86.6. The van der Waals surface area contributed by atoms with Gasteiger partial charge in [-0.2, -0.15) is 0 Å². The first-order valence-electron chi connectivity index (χ1n) is 31.9. The van der Waals surface area contributed by atoms with Crippen LogP contribution in [0, 0.1) is 0 Å². The first-order valence-corrected chi connectivity index (χ1v) is 31.9. The standard InChI is InChI=1S/C70H118O6/c1-4-7-10-13-16-19-22-25-28-30-31-32-33-34-35-36-37-38-39-40-43-45-48-51-54-57-60-63-69(72)75-66-67(65-74-68(71)62-59-56-53-50-47-44-41-27-24-21-18-15-12-9-6-3)76-70(73)64-61-58-55-52-49-46-42-29-26-23-20-17-14-11-8-5-2/h7,10,16,19-20,23,25,27-29,31-32,34-35,37-38,41-42,67H,4-6,8-9,11-15,17-18,21-22,24,26,30,33,36,39-40,43-66H2,1-3H3/b10-7-,19-16-,23-20-,28-25-,32-31-,35-34-,38-37-,41-27-,42-29-. The molecule has 0 aliphatic carbocycles. The van der Waals surface area contributed by atoms with Crippen LogP contribution < -0.4 is 0 Å². The van der Waals surface area contributed by atoms with Crippen LogP contribution in [0.15, 0.2) is 109 Å². The summed E-state index contributed by atoms with van der Waals surface area (Å²) < 4.78 is 16.9. The third-order valence-electron chi connectivity index (χ3n) is 13.5. The molecular formula is C70H118O6. The van der Waals surface area contributed by atoms with E-state index >= 15 is 0 Å². The van der Waals surface area contributed by atoms with Crippen LogP contribution in [-0.2, 0) is 28.6 Å². The molecule has 0 N–H and O–H groups in total. The van der Waals surface area contributed by atoms with Crippen molar-refractivity contribution in [3.8, 4) is 0 Å². The zero-order valence-electron chi connectivity index (χ0n) is 49.7. The smallest absolute Gasteiger partial charge is 0.306 e. The first-order chi connectivity index (χ1) is 37.5. The van der Waals surface area contributed by atoms with Gasteiger partial charge in [-0.15, -0.1) is 0 Å². The Morgan fingerprint density at radius 1 is 0.276 bits per heavy atom. The number of hydrogen-bond donors (Lipinski definition) is 0. The summed E-state index contributed by atoms with van der Waals surface area (Å²) in [5, 5.41) is 0. The third kappa shape index (κ3) is 60.9. The van der Waals surface area contributed by atoms with Crippen LogP contribution in [0.2, 0.25) is 0 Å². The molecule has 6 heteroatoms. The molecule has 0 aromatic carbocycles. The summed E-state index contributed by atoms with van der Waals surface area (Å²) in [4.78, 5) is 38.3. The van der Waals surface area contributed by atoms with Crippen molar-refractivity contribution in [3.05, 3.63) is 109 Å². The van der Waals surface area contributed by atoms with Crippen LogP contribution in [0.5, 0.6) is 0 Å². The van der Waals surface area contributed by atoms with E-state index in [2.05, 4.69) is 130 Å². The molecule has 1 atom stereocenters. The Labute approximate surface area is 470 Å². The molecule has 6 nitrogen and oxygen atoms in total. The van der Waals surface area contributed by atoms with E-state index in [1.54, 1.807) is 0 Å². The molecule has 0 rings (SSSR count). The Balaban J connectivity index is 4.37. The van der Waals surface area contributed by atoms with E-state index in [4.69, 9.17) is 14.2 Å². The van der Waals surface area contributed by atoms with Gasteiger partial charge in [0.15, 0.2) is 6.10 Å². The maximum absolute atomic E-state index is 12.9. The van der Waals surface area contributed by atoms with Crippen LogP contribution in [-0.4, -0.2) is 37.2 Å². The number of hydrogen-bond acceptors (Lipinski definition) is 6. The molecule has 0 aliphatic heterocycles. The van der Waals surface area contributed by atoms with Gasteiger partial charge in [-0.25, -0.2) is 0 Å². The summed E-state index contributed by atoms with van der Waals surface area (Å²) in [6, 6.07) is 0. The average molecular weight is 1060 g/mol. The monoisotopic (exact) mass is 1050 g/mol. The molecule has 0 aromatic heterocycles. The lowest BCUT2D eigenvalue weighted by Gasteiger charge is -2.18. The molecule has 0 saturated heterocycles. The summed E-state index contributed by atoms with van der Waals surface area (Å²) in [6.45, 7) is 6.49. The van der Waals surface area contributed by atoms with Gasteiger partial charge in [-0.3, -0.25) is 14.4 Å². The van der Waals surface area contributed by atoms with Gasteiger partial charge in [-0.1, -0.05) is 259 Å². The summed E-state index contributed by atoms with van der Waals surface area (Å²) in [7, 11) is 0. The second kappa shape index (κ2) is 63.6. The molecule has 0 amide bonds. The zero-order chi connectivity index (χ0) is 55.0. The molecule has 434 valence electrons. The van der Waals surface area contributed by atoms with Gasteiger partial charge in [-0.05, 0) is 128 Å². The first kappa shape index (κ1) is 72.1. The maximum Gasteiger partial charge on any atom is 0.306 e.